The molecule has 2 amide bonds. The molecule has 8 heteroatoms. The van der Waals surface area contributed by atoms with Gasteiger partial charge in [-0.2, -0.15) is 0 Å². The van der Waals surface area contributed by atoms with Gasteiger partial charge < -0.3 is 28.7 Å². The minimum atomic E-state index is -0.663. The van der Waals surface area contributed by atoms with Gasteiger partial charge in [-0.05, 0) is 48.5 Å². The van der Waals surface area contributed by atoms with E-state index in [-0.39, 0.29) is 23.9 Å². The van der Waals surface area contributed by atoms with Crippen LogP contribution in [0.25, 0.3) is 0 Å². The van der Waals surface area contributed by atoms with Gasteiger partial charge >= 0.3 is 0 Å². The van der Waals surface area contributed by atoms with E-state index in [0.29, 0.717) is 22.9 Å². The number of benzene rings is 2. The molecule has 8 nitrogen and oxygen atoms in total. The zero-order chi connectivity index (χ0) is 21.4. The van der Waals surface area contributed by atoms with E-state index < -0.39 is 12.2 Å². The number of anilines is 2. The topological polar surface area (TPSA) is 77.5 Å². The van der Waals surface area contributed by atoms with Crippen molar-refractivity contribution < 1.29 is 28.5 Å². The number of carbonyl (C=O) groups is 2. The third-order valence-corrected chi connectivity index (χ3v) is 5.74. The molecule has 2 fully saturated rings. The molecule has 2 heterocycles. The fourth-order valence-corrected chi connectivity index (χ4v) is 4.20. The third kappa shape index (κ3) is 3.00. The lowest BCUT2D eigenvalue weighted by Gasteiger charge is -2.57. The first kappa shape index (κ1) is 20.2. The fourth-order valence-electron chi connectivity index (χ4n) is 4.20. The van der Waals surface area contributed by atoms with Gasteiger partial charge in [0, 0.05) is 25.6 Å². The van der Waals surface area contributed by atoms with Gasteiger partial charge in [0.15, 0.2) is 12.2 Å². The van der Waals surface area contributed by atoms with Crippen LogP contribution in [0.2, 0.25) is 0 Å². The summed E-state index contributed by atoms with van der Waals surface area (Å²) in [6, 6.07) is 13.7. The highest BCUT2D eigenvalue weighted by atomic mass is 16.5. The molecular weight excluding hydrogens is 388 g/mol. The molecule has 0 saturated carbocycles. The van der Waals surface area contributed by atoms with Gasteiger partial charge in [0.1, 0.15) is 11.5 Å². The van der Waals surface area contributed by atoms with E-state index in [1.165, 1.54) is 14.2 Å². The fraction of sp³-hybridized carbons (Fsp3) is 0.364. The Labute approximate surface area is 174 Å². The van der Waals surface area contributed by atoms with Crippen LogP contribution in [0.5, 0.6) is 11.5 Å². The molecule has 2 aromatic carbocycles. The van der Waals surface area contributed by atoms with Crippen molar-refractivity contribution in [2.24, 2.45) is 0 Å². The number of amides is 2. The van der Waals surface area contributed by atoms with Crippen molar-refractivity contribution in [3.63, 3.8) is 0 Å². The highest BCUT2D eigenvalue weighted by Crippen LogP contribution is 2.41. The Morgan fingerprint density at radius 1 is 0.600 bits per heavy atom. The van der Waals surface area contributed by atoms with Crippen LogP contribution in [0.1, 0.15) is 0 Å². The van der Waals surface area contributed by atoms with Crippen molar-refractivity contribution >= 4 is 23.2 Å². The van der Waals surface area contributed by atoms with Gasteiger partial charge in [0.05, 0.1) is 26.3 Å². The molecule has 0 aromatic heterocycles. The number of hydrogen-bond acceptors (Lipinski definition) is 6. The molecule has 0 unspecified atom stereocenters. The summed E-state index contributed by atoms with van der Waals surface area (Å²) in [6.45, 7) is 0. The number of rotatable bonds is 7. The summed E-state index contributed by atoms with van der Waals surface area (Å²) in [5.41, 5.74) is 1.42. The molecule has 158 valence electrons. The van der Waals surface area contributed by atoms with Crippen molar-refractivity contribution in [3.8, 4) is 11.5 Å². The zero-order valence-corrected chi connectivity index (χ0v) is 17.3. The Kier molecular flexibility index (Phi) is 5.36. The Bertz CT molecular complexity index is 852. The lowest BCUT2D eigenvalue weighted by Crippen LogP contribution is -2.81. The molecule has 0 N–H and O–H groups in total. The number of hydrogen-bond donors (Lipinski definition) is 0. The molecule has 30 heavy (non-hydrogen) atoms. The van der Waals surface area contributed by atoms with Crippen LogP contribution in [0.4, 0.5) is 11.4 Å². The minimum Gasteiger partial charge on any atom is -0.497 e. The number of β-lactam (4-membered cyclic amide) rings is 2. The maximum Gasteiger partial charge on any atom is 0.258 e. The second kappa shape index (κ2) is 7.97. The minimum absolute atomic E-state index is 0.156. The smallest absolute Gasteiger partial charge is 0.258 e. The summed E-state index contributed by atoms with van der Waals surface area (Å²) in [5, 5.41) is 0. The van der Waals surface area contributed by atoms with Gasteiger partial charge in [0.25, 0.3) is 11.8 Å². The van der Waals surface area contributed by atoms with Crippen molar-refractivity contribution in [2.75, 3.05) is 38.2 Å². The second-order valence-corrected chi connectivity index (χ2v) is 7.11. The molecule has 2 aromatic rings. The van der Waals surface area contributed by atoms with Crippen LogP contribution in [0.3, 0.4) is 0 Å². The first-order valence-electron chi connectivity index (χ1n) is 9.55. The molecule has 2 aliphatic heterocycles. The van der Waals surface area contributed by atoms with Gasteiger partial charge in [-0.25, -0.2) is 0 Å². The standard InChI is InChI=1S/C22H24N2O6/c1-27-15-9-5-13(6-10-15)23-17(19(29-3)21(23)25)18-20(30-4)22(26)24(18)14-7-11-16(28-2)12-8-14/h5-12,17-20H,1-4H3/t17-,18-,19+,20+/m0/s1. The average Bonchev–Trinajstić information content (AvgIpc) is 2.77. The molecule has 0 spiro atoms. The lowest BCUT2D eigenvalue weighted by molar-refractivity contribution is -0.152. The highest BCUT2D eigenvalue weighted by Gasteiger charge is 2.63. The van der Waals surface area contributed by atoms with Crippen LogP contribution in [-0.2, 0) is 19.1 Å². The Morgan fingerprint density at radius 2 is 0.933 bits per heavy atom. The Balaban J connectivity index is 1.68. The van der Waals surface area contributed by atoms with E-state index in [0.717, 1.165) is 0 Å². The summed E-state index contributed by atoms with van der Waals surface area (Å²) in [6.07, 6.45) is -1.33. The molecule has 0 aliphatic carbocycles. The molecule has 4 rings (SSSR count). The van der Waals surface area contributed by atoms with Crippen molar-refractivity contribution in [1.82, 2.24) is 0 Å². The molecule has 2 saturated heterocycles. The Morgan fingerprint density at radius 3 is 1.20 bits per heavy atom. The largest absolute Gasteiger partial charge is 0.497 e. The number of nitrogens with zero attached hydrogens (tertiary/aromatic N) is 2. The van der Waals surface area contributed by atoms with E-state index in [9.17, 15) is 9.59 Å². The number of ether oxygens (including phenoxy) is 4. The maximum atomic E-state index is 12.8. The van der Waals surface area contributed by atoms with E-state index in [2.05, 4.69) is 0 Å². The van der Waals surface area contributed by atoms with Crippen LogP contribution >= 0.6 is 0 Å². The molecule has 0 radical (unpaired) electrons. The van der Waals surface area contributed by atoms with Crippen molar-refractivity contribution in [2.45, 2.75) is 24.3 Å². The van der Waals surface area contributed by atoms with Crippen LogP contribution in [0.15, 0.2) is 48.5 Å². The first-order valence-corrected chi connectivity index (χ1v) is 9.55. The summed E-state index contributed by atoms with van der Waals surface area (Å²) in [7, 11) is 6.18. The quantitative estimate of drug-likeness (QED) is 0.646. The van der Waals surface area contributed by atoms with Crippen LogP contribution in [-0.4, -0.2) is 64.5 Å². The van der Waals surface area contributed by atoms with E-state index >= 15 is 0 Å². The summed E-state index contributed by atoms with van der Waals surface area (Å²) in [5.74, 6) is 1.08. The molecule has 2 aliphatic rings. The summed E-state index contributed by atoms with van der Waals surface area (Å²) < 4.78 is 21.4. The normalized spacial score (nSPS) is 25.6. The Hall–Kier alpha value is -3.10. The predicted octanol–water partition coefficient (Wildman–Crippen LogP) is 1.86. The van der Waals surface area contributed by atoms with E-state index in [4.69, 9.17) is 18.9 Å². The van der Waals surface area contributed by atoms with Gasteiger partial charge in [-0.15, -0.1) is 0 Å². The summed E-state index contributed by atoms with van der Waals surface area (Å²) >= 11 is 0. The number of carbonyl (C=O) groups excluding carboxylic acids is 2. The second-order valence-electron chi connectivity index (χ2n) is 7.11. The summed E-state index contributed by atoms with van der Waals surface area (Å²) in [4.78, 5) is 28.9. The lowest BCUT2D eigenvalue weighted by atomic mass is 9.80. The van der Waals surface area contributed by atoms with Gasteiger partial charge in [0.2, 0.25) is 0 Å². The molecule has 0 bridgehead atoms. The van der Waals surface area contributed by atoms with Gasteiger partial charge in [-0.3, -0.25) is 9.59 Å². The van der Waals surface area contributed by atoms with Crippen LogP contribution < -0.4 is 19.3 Å². The predicted molar refractivity (Wildman–Crippen MR) is 110 cm³/mol. The first-order chi connectivity index (χ1) is 14.5. The third-order valence-electron chi connectivity index (χ3n) is 5.74. The average molecular weight is 412 g/mol. The van der Waals surface area contributed by atoms with Gasteiger partial charge in [-0.1, -0.05) is 0 Å². The molecular formula is C22H24N2O6. The van der Waals surface area contributed by atoms with Crippen LogP contribution in [0, 0.1) is 0 Å². The van der Waals surface area contributed by atoms with E-state index in [1.54, 1.807) is 48.3 Å². The highest BCUT2D eigenvalue weighted by molar-refractivity contribution is 6.10. The van der Waals surface area contributed by atoms with Crippen molar-refractivity contribution in [3.05, 3.63) is 48.5 Å². The SMILES string of the molecule is COc1ccc(N2C(=O)[C@H](OC)[C@@H]2[C@H]2[C@@H](OC)C(=O)N2c2ccc(OC)cc2)cc1. The zero-order valence-electron chi connectivity index (χ0n) is 17.3. The monoisotopic (exact) mass is 412 g/mol. The number of methoxy groups -OCH3 is 4. The molecule has 4 atom stereocenters. The van der Waals surface area contributed by atoms with Crippen molar-refractivity contribution in [1.29, 1.82) is 0 Å². The maximum absolute atomic E-state index is 12.8. The van der Waals surface area contributed by atoms with E-state index in [1.807, 2.05) is 24.3 Å².